The molecule has 0 saturated carbocycles. The van der Waals surface area contributed by atoms with E-state index in [2.05, 4.69) is 0 Å². The summed E-state index contributed by atoms with van der Waals surface area (Å²) in [6.45, 7) is 1.95. The van der Waals surface area contributed by atoms with Gasteiger partial charge in [0.2, 0.25) is 0 Å². The molecule has 0 saturated heterocycles. The van der Waals surface area contributed by atoms with Gasteiger partial charge < -0.3 is 5.11 Å². The summed E-state index contributed by atoms with van der Waals surface area (Å²) in [6, 6.07) is 9.29. The first-order chi connectivity index (χ1) is 8.65. The van der Waals surface area contributed by atoms with Crippen LogP contribution < -0.4 is 0 Å². The SMILES string of the molecule is Cc1sc(C=O)cc1C(CO)c1cccc(Cl)c1. The van der Waals surface area contributed by atoms with Gasteiger partial charge in [0.15, 0.2) is 6.29 Å². The third-order valence-corrected chi connectivity index (χ3v) is 4.13. The molecule has 0 bridgehead atoms. The van der Waals surface area contributed by atoms with Gasteiger partial charge >= 0.3 is 0 Å². The highest BCUT2D eigenvalue weighted by atomic mass is 35.5. The lowest BCUT2D eigenvalue weighted by Gasteiger charge is -2.15. The van der Waals surface area contributed by atoms with Crippen molar-refractivity contribution in [2.24, 2.45) is 0 Å². The van der Waals surface area contributed by atoms with Crippen LogP contribution in [0.2, 0.25) is 5.02 Å². The summed E-state index contributed by atoms with van der Waals surface area (Å²) in [6.07, 6.45) is 0.841. The molecular weight excluding hydrogens is 268 g/mol. The molecule has 94 valence electrons. The van der Waals surface area contributed by atoms with E-state index in [0.717, 1.165) is 22.3 Å². The zero-order valence-electron chi connectivity index (χ0n) is 9.89. The fourth-order valence-electron chi connectivity index (χ4n) is 2.03. The quantitative estimate of drug-likeness (QED) is 0.868. The number of carbonyl (C=O) groups excluding carboxylic acids is 1. The topological polar surface area (TPSA) is 37.3 Å². The van der Waals surface area contributed by atoms with Gasteiger partial charge in [0.1, 0.15) is 0 Å². The molecule has 1 atom stereocenters. The Bertz CT molecular complexity index is 563. The van der Waals surface area contributed by atoms with Crippen molar-refractivity contribution in [3.63, 3.8) is 0 Å². The monoisotopic (exact) mass is 280 g/mol. The zero-order chi connectivity index (χ0) is 13.1. The Balaban J connectivity index is 2.44. The minimum Gasteiger partial charge on any atom is -0.395 e. The van der Waals surface area contributed by atoms with Gasteiger partial charge in [-0.3, -0.25) is 4.79 Å². The highest BCUT2D eigenvalue weighted by Crippen LogP contribution is 2.32. The molecule has 0 aliphatic carbocycles. The van der Waals surface area contributed by atoms with Crippen LogP contribution in [-0.4, -0.2) is 18.0 Å². The average Bonchev–Trinajstić information content (AvgIpc) is 2.72. The molecule has 0 spiro atoms. The van der Waals surface area contributed by atoms with E-state index in [1.165, 1.54) is 11.3 Å². The molecule has 1 N–H and O–H groups in total. The number of aliphatic hydroxyl groups is 1. The van der Waals surface area contributed by atoms with Gasteiger partial charge in [0.05, 0.1) is 11.5 Å². The summed E-state index contributed by atoms with van der Waals surface area (Å²) in [5.41, 5.74) is 1.95. The van der Waals surface area contributed by atoms with Crippen LogP contribution in [0.3, 0.4) is 0 Å². The number of aldehydes is 1. The Morgan fingerprint density at radius 1 is 1.44 bits per heavy atom. The number of benzene rings is 1. The fraction of sp³-hybridized carbons (Fsp3) is 0.214. The van der Waals surface area contributed by atoms with Gasteiger partial charge in [0, 0.05) is 15.8 Å². The second-order valence-electron chi connectivity index (χ2n) is 4.07. The molecule has 4 heteroatoms. The van der Waals surface area contributed by atoms with E-state index in [0.29, 0.717) is 9.90 Å². The van der Waals surface area contributed by atoms with Crippen LogP contribution in [-0.2, 0) is 0 Å². The first-order valence-corrected chi connectivity index (χ1v) is 6.77. The number of aliphatic hydroxyl groups excluding tert-OH is 1. The Morgan fingerprint density at radius 2 is 2.22 bits per heavy atom. The molecule has 18 heavy (non-hydrogen) atoms. The van der Waals surface area contributed by atoms with Crippen molar-refractivity contribution in [3.8, 4) is 0 Å². The van der Waals surface area contributed by atoms with Crippen LogP contribution in [0.1, 0.15) is 31.6 Å². The number of halogens is 1. The van der Waals surface area contributed by atoms with Crippen LogP contribution in [0, 0.1) is 6.92 Å². The van der Waals surface area contributed by atoms with Gasteiger partial charge in [-0.15, -0.1) is 11.3 Å². The number of hydrogen-bond donors (Lipinski definition) is 1. The standard InChI is InChI=1S/C14H13ClO2S/c1-9-13(6-12(7-16)18-9)14(8-17)10-3-2-4-11(15)5-10/h2-7,14,17H,8H2,1H3. The number of thiophene rings is 1. The third kappa shape index (κ3) is 2.64. The Morgan fingerprint density at radius 3 is 2.78 bits per heavy atom. The number of aryl methyl sites for hydroxylation is 1. The largest absolute Gasteiger partial charge is 0.395 e. The predicted octanol–water partition coefficient (Wildman–Crippen LogP) is 3.65. The summed E-state index contributed by atoms with van der Waals surface area (Å²) in [5, 5.41) is 10.3. The molecule has 1 heterocycles. The van der Waals surface area contributed by atoms with Crippen molar-refractivity contribution in [3.05, 3.63) is 56.2 Å². The van der Waals surface area contributed by atoms with Crippen LogP contribution in [0.4, 0.5) is 0 Å². The second kappa shape index (κ2) is 5.65. The molecule has 1 aromatic heterocycles. The van der Waals surface area contributed by atoms with E-state index >= 15 is 0 Å². The van der Waals surface area contributed by atoms with E-state index in [4.69, 9.17) is 11.6 Å². The molecule has 0 aliphatic rings. The lowest BCUT2D eigenvalue weighted by atomic mass is 9.92. The molecule has 0 fully saturated rings. The normalized spacial score (nSPS) is 12.4. The van der Waals surface area contributed by atoms with Crippen LogP contribution in [0.5, 0.6) is 0 Å². The predicted molar refractivity (Wildman–Crippen MR) is 74.8 cm³/mol. The van der Waals surface area contributed by atoms with E-state index in [-0.39, 0.29) is 12.5 Å². The van der Waals surface area contributed by atoms with Crippen LogP contribution in [0.15, 0.2) is 30.3 Å². The maximum absolute atomic E-state index is 10.8. The Labute approximate surface area is 115 Å². The minimum absolute atomic E-state index is 0.00376. The van der Waals surface area contributed by atoms with Crippen LogP contribution in [0.25, 0.3) is 0 Å². The first-order valence-electron chi connectivity index (χ1n) is 5.57. The lowest BCUT2D eigenvalue weighted by Crippen LogP contribution is -2.06. The Hall–Kier alpha value is -1.16. The summed E-state index contributed by atoms with van der Waals surface area (Å²) in [4.78, 5) is 12.5. The molecule has 0 amide bonds. The highest BCUT2D eigenvalue weighted by molar-refractivity contribution is 7.13. The van der Waals surface area contributed by atoms with Crippen molar-refractivity contribution < 1.29 is 9.90 Å². The summed E-state index contributed by atoms with van der Waals surface area (Å²) in [5.74, 6) is -0.131. The van der Waals surface area contributed by atoms with Crippen molar-refractivity contribution in [1.29, 1.82) is 0 Å². The van der Waals surface area contributed by atoms with E-state index in [1.807, 2.05) is 31.2 Å². The summed E-state index contributed by atoms with van der Waals surface area (Å²) in [7, 11) is 0. The van der Waals surface area contributed by atoms with Gasteiger partial charge in [-0.1, -0.05) is 23.7 Å². The molecule has 0 radical (unpaired) electrons. The second-order valence-corrected chi connectivity index (χ2v) is 5.79. The number of hydrogen-bond acceptors (Lipinski definition) is 3. The maximum Gasteiger partial charge on any atom is 0.160 e. The summed E-state index contributed by atoms with van der Waals surface area (Å²) < 4.78 is 0. The molecular formula is C14H13ClO2S. The number of carbonyl (C=O) groups is 1. The molecule has 1 unspecified atom stereocenters. The number of rotatable bonds is 4. The molecule has 1 aromatic carbocycles. The van der Waals surface area contributed by atoms with E-state index in [1.54, 1.807) is 6.07 Å². The van der Waals surface area contributed by atoms with Crippen molar-refractivity contribution in [1.82, 2.24) is 0 Å². The summed E-state index contributed by atoms with van der Waals surface area (Å²) >= 11 is 7.42. The van der Waals surface area contributed by atoms with Gasteiger partial charge in [-0.25, -0.2) is 0 Å². The zero-order valence-corrected chi connectivity index (χ0v) is 11.5. The van der Waals surface area contributed by atoms with Crippen LogP contribution >= 0.6 is 22.9 Å². The average molecular weight is 281 g/mol. The van der Waals surface area contributed by atoms with Crippen molar-refractivity contribution >= 4 is 29.2 Å². The first kappa shape index (κ1) is 13.3. The molecule has 2 nitrogen and oxygen atoms in total. The van der Waals surface area contributed by atoms with Gasteiger partial charge in [-0.05, 0) is 36.2 Å². The van der Waals surface area contributed by atoms with E-state index < -0.39 is 0 Å². The van der Waals surface area contributed by atoms with E-state index in [9.17, 15) is 9.90 Å². The molecule has 2 rings (SSSR count). The third-order valence-electron chi connectivity index (χ3n) is 2.90. The maximum atomic E-state index is 10.8. The lowest BCUT2D eigenvalue weighted by molar-refractivity contribution is 0.112. The van der Waals surface area contributed by atoms with Crippen molar-refractivity contribution in [2.75, 3.05) is 6.61 Å². The Kier molecular flexibility index (Phi) is 4.17. The molecule has 2 aromatic rings. The highest BCUT2D eigenvalue weighted by Gasteiger charge is 2.18. The van der Waals surface area contributed by atoms with Crippen molar-refractivity contribution in [2.45, 2.75) is 12.8 Å². The van der Waals surface area contributed by atoms with Gasteiger partial charge in [-0.2, -0.15) is 0 Å². The fourth-order valence-corrected chi connectivity index (χ4v) is 3.14. The smallest absolute Gasteiger partial charge is 0.160 e. The van der Waals surface area contributed by atoms with Gasteiger partial charge in [0.25, 0.3) is 0 Å². The minimum atomic E-state index is -0.131. The molecule has 0 aliphatic heterocycles.